The second-order valence-electron chi connectivity index (χ2n) is 9.21. The van der Waals surface area contributed by atoms with Gasteiger partial charge in [0.15, 0.2) is 11.5 Å². The number of carbonyl (C=O) groups is 3. The third-order valence-corrected chi connectivity index (χ3v) is 6.73. The lowest BCUT2D eigenvalue weighted by Gasteiger charge is -2.19. The molecule has 4 aromatic rings. The normalized spacial score (nSPS) is 16.3. The van der Waals surface area contributed by atoms with Crippen molar-refractivity contribution in [2.75, 3.05) is 42.4 Å². The summed E-state index contributed by atoms with van der Waals surface area (Å²) in [6.45, 7) is 1.10. The third-order valence-electron chi connectivity index (χ3n) is 6.73. The van der Waals surface area contributed by atoms with E-state index >= 15 is 0 Å². The molecule has 3 heterocycles. The average molecular weight is 528 g/mol. The number of methoxy groups -OCH3 is 1. The van der Waals surface area contributed by atoms with Gasteiger partial charge in [0.2, 0.25) is 17.6 Å². The minimum atomic E-state index is -0.609. The summed E-state index contributed by atoms with van der Waals surface area (Å²) in [5.74, 6) is 0.0790. The zero-order valence-corrected chi connectivity index (χ0v) is 21.1. The predicted molar refractivity (Wildman–Crippen MR) is 144 cm³/mol. The molecule has 198 valence electrons. The lowest BCUT2D eigenvalue weighted by Crippen LogP contribution is -2.28. The van der Waals surface area contributed by atoms with Crippen LogP contribution in [0, 0.1) is 5.92 Å². The van der Waals surface area contributed by atoms with E-state index in [4.69, 9.17) is 18.6 Å². The van der Waals surface area contributed by atoms with E-state index in [2.05, 4.69) is 10.6 Å². The number of carbonyl (C=O) groups excluding carboxylic acids is 3. The molecule has 0 spiro atoms. The molecule has 2 N–H and O–H groups in total. The summed E-state index contributed by atoms with van der Waals surface area (Å²) in [6.07, 6.45) is 0.0480. The van der Waals surface area contributed by atoms with Gasteiger partial charge in [0.05, 0.1) is 13.0 Å². The molecule has 3 amide bonds. The van der Waals surface area contributed by atoms with E-state index in [-0.39, 0.29) is 36.2 Å². The van der Waals surface area contributed by atoms with Gasteiger partial charge in [-0.15, -0.1) is 0 Å². The third kappa shape index (κ3) is 4.72. The maximum absolute atomic E-state index is 13.4. The van der Waals surface area contributed by atoms with E-state index < -0.39 is 11.8 Å². The molecule has 10 nitrogen and oxygen atoms in total. The van der Waals surface area contributed by atoms with Gasteiger partial charge in [-0.05, 0) is 48.5 Å². The highest BCUT2D eigenvalue weighted by molar-refractivity contribution is 6.15. The van der Waals surface area contributed by atoms with Crippen molar-refractivity contribution in [1.82, 2.24) is 0 Å². The maximum atomic E-state index is 13.4. The highest BCUT2D eigenvalue weighted by Crippen LogP contribution is 2.35. The second kappa shape index (κ2) is 10.1. The molecule has 2 aliphatic heterocycles. The standard InChI is InChI=1S/C29H25N3O7/c1-36-20-9-7-19(8-10-20)32-16-17(14-25(32)33)28(34)31-26-21-4-2-3-5-22(21)39-27(26)29(35)30-18-6-11-23-24(15-18)38-13-12-37-23/h2-11,15,17H,12-14,16H2,1H3,(H,30,35)(H,31,34). The van der Waals surface area contributed by atoms with Crippen LogP contribution in [-0.2, 0) is 9.59 Å². The molecule has 0 aliphatic carbocycles. The SMILES string of the molecule is COc1ccc(N2CC(C(=O)Nc3c(C(=O)Nc4ccc5c(c4)OCCO5)oc4ccccc34)CC2=O)cc1. The number of ether oxygens (including phenoxy) is 3. The fraction of sp³-hybridized carbons (Fsp3) is 0.207. The number of hydrogen-bond donors (Lipinski definition) is 2. The molecular formula is C29H25N3O7. The quantitative estimate of drug-likeness (QED) is 0.380. The number of para-hydroxylation sites is 1. The topological polar surface area (TPSA) is 119 Å². The van der Waals surface area contributed by atoms with Crippen LogP contribution in [0.15, 0.2) is 71.1 Å². The molecule has 1 unspecified atom stereocenters. The number of furan rings is 1. The highest BCUT2D eigenvalue weighted by atomic mass is 16.6. The molecule has 1 atom stereocenters. The Morgan fingerprint density at radius 3 is 2.51 bits per heavy atom. The zero-order valence-electron chi connectivity index (χ0n) is 21.1. The van der Waals surface area contributed by atoms with Crippen LogP contribution in [0.5, 0.6) is 17.2 Å². The van der Waals surface area contributed by atoms with Crippen molar-refractivity contribution in [3.63, 3.8) is 0 Å². The monoisotopic (exact) mass is 527 g/mol. The van der Waals surface area contributed by atoms with Crippen LogP contribution in [0.25, 0.3) is 11.0 Å². The average Bonchev–Trinajstić information content (AvgIpc) is 3.54. The van der Waals surface area contributed by atoms with Gasteiger partial charge in [0.25, 0.3) is 5.91 Å². The van der Waals surface area contributed by atoms with Crippen LogP contribution >= 0.6 is 0 Å². The Balaban J connectivity index is 1.23. The van der Waals surface area contributed by atoms with Crippen LogP contribution < -0.4 is 29.7 Å². The first kappa shape index (κ1) is 24.4. The van der Waals surface area contributed by atoms with Crippen molar-refractivity contribution in [2.45, 2.75) is 6.42 Å². The summed E-state index contributed by atoms with van der Waals surface area (Å²) in [7, 11) is 1.57. The first-order chi connectivity index (χ1) is 19.0. The van der Waals surface area contributed by atoms with Crippen molar-refractivity contribution < 1.29 is 33.0 Å². The van der Waals surface area contributed by atoms with Crippen molar-refractivity contribution >= 4 is 45.8 Å². The Labute approximate surface area is 223 Å². The number of amides is 3. The molecular weight excluding hydrogens is 502 g/mol. The lowest BCUT2D eigenvalue weighted by molar-refractivity contribution is -0.122. The van der Waals surface area contributed by atoms with Gasteiger partial charge in [0.1, 0.15) is 30.2 Å². The number of fused-ring (bicyclic) bond motifs is 2. The summed E-state index contributed by atoms with van der Waals surface area (Å²) < 4.78 is 22.2. The first-order valence-corrected chi connectivity index (χ1v) is 12.5. The number of benzene rings is 3. The van der Waals surface area contributed by atoms with Crippen molar-refractivity contribution in [2.24, 2.45) is 5.92 Å². The van der Waals surface area contributed by atoms with Gasteiger partial charge in [-0.1, -0.05) is 12.1 Å². The molecule has 0 saturated carbocycles. The largest absolute Gasteiger partial charge is 0.497 e. The van der Waals surface area contributed by atoms with Crippen molar-refractivity contribution in [3.8, 4) is 17.2 Å². The minimum absolute atomic E-state index is 0.0456. The Kier molecular flexibility index (Phi) is 6.28. The van der Waals surface area contributed by atoms with E-state index in [1.807, 2.05) is 0 Å². The van der Waals surface area contributed by atoms with Gasteiger partial charge < -0.3 is 34.2 Å². The Morgan fingerprint density at radius 1 is 0.949 bits per heavy atom. The Hall–Kier alpha value is -4.99. The number of rotatable bonds is 6. The predicted octanol–water partition coefficient (Wildman–Crippen LogP) is 4.46. The van der Waals surface area contributed by atoms with Crippen LogP contribution in [0.3, 0.4) is 0 Å². The molecule has 6 rings (SSSR count). The Bertz CT molecular complexity index is 1580. The molecule has 2 aliphatic rings. The summed E-state index contributed by atoms with van der Waals surface area (Å²) in [6, 6.07) is 19.2. The highest BCUT2D eigenvalue weighted by Gasteiger charge is 2.36. The molecule has 1 fully saturated rings. The number of nitrogens with one attached hydrogen (secondary N) is 2. The van der Waals surface area contributed by atoms with Gasteiger partial charge in [-0.2, -0.15) is 0 Å². The lowest BCUT2D eigenvalue weighted by atomic mass is 10.1. The summed E-state index contributed by atoms with van der Waals surface area (Å²) in [4.78, 5) is 41.0. The molecule has 1 aromatic heterocycles. The molecule has 1 saturated heterocycles. The van der Waals surface area contributed by atoms with Gasteiger partial charge in [-0.3, -0.25) is 14.4 Å². The smallest absolute Gasteiger partial charge is 0.293 e. The summed E-state index contributed by atoms with van der Waals surface area (Å²) in [5, 5.41) is 6.25. The van der Waals surface area contributed by atoms with Crippen LogP contribution in [0.2, 0.25) is 0 Å². The minimum Gasteiger partial charge on any atom is -0.497 e. The molecule has 10 heteroatoms. The molecule has 3 aromatic carbocycles. The van der Waals surface area contributed by atoms with E-state index in [1.54, 1.807) is 78.7 Å². The second-order valence-corrected chi connectivity index (χ2v) is 9.21. The van der Waals surface area contributed by atoms with Crippen molar-refractivity contribution in [3.05, 3.63) is 72.5 Å². The fourth-order valence-electron chi connectivity index (χ4n) is 4.76. The van der Waals surface area contributed by atoms with Gasteiger partial charge in [0, 0.05) is 35.8 Å². The van der Waals surface area contributed by atoms with Gasteiger partial charge in [-0.25, -0.2) is 0 Å². The van der Waals surface area contributed by atoms with Crippen LogP contribution in [0.1, 0.15) is 17.0 Å². The zero-order chi connectivity index (χ0) is 26.9. The summed E-state index contributed by atoms with van der Waals surface area (Å²) in [5.41, 5.74) is 1.87. The Morgan fingerprint density at radius 2 is 1.72 bits per heavy atom. The van der Waals surface area contributed by atoms with E-state index in [1.165, 1.54) is 0 Å². The fourth-order valence-corrected chi connectivity index (χ4v) is 4.76. The molecule has 0 radical (unpaired) electrons. The summed E-state index contributed by atoms with van der Waals surface area (Å²) >= 11 is 0. The molecule has 0 bridgehead atoms. The van der Waals surface area contributed by atoms with Crippen molar-refractivity contribution in [1.29, 1.82) is 0 Å². The maximum Gasteiger partial charge on any atom is 0.293 e. The van der Waals surface area contributed by atoms with E-state index in [0.717, 1.165) is 0 Å². The van der Waals surface area contributed by atoms with E-state index in [9.17, 15) is 14.4 Å². The number of anilines is 3. The molecule has 39 heavy (non-hydrogen) atoms. The first-order valence-electron chi connectivity index (χ1n) is 12.5. The van der Waals surface area contributed by atoms with Crippen LogP contribution in [0.4, 0.5) is 17.1 Å². The van der Waals surface area contributed by atoms with E-state index in [0.29, 0.717) is 52.8 Å². The van der Waals surface area contributed by atoms with Gasteiger partial charge >= 0.3 is 0 Å². The number of hydrogen-bond acceptors (Lipinski definition) is 7. The number of nitrogens with zero attached hydrogens (tertiary/aromatic N) is 1. The van der Waals surface area contributed by atoms with Crippen LogP contribution in [-0.4, -0.2) is 44.6 Å².